The SMILES string of the molecule is CC(O)C1C(=O)N2C(C(=O)O)=C(SC3CC(C(N)=O)[N+](C)(C)C3)C[C@H]12. The Bertz CT molecular complexity index is 675. The number of carbonyl (C=O) groups excluding carboxylic acids is 2. The summed E-state index contributed by atoms with van der Waals surface area (Å²) >= 11 is 1.44. The molecule has 0 aromatic carbocycles. The van der Waals surface area contributed by atoms with Crippen molar-refractivity contribution in [2.75, 3.05) is 20.6 Å². The standard InChI is InChI=1S/C16H23N3O5S/c1-7(20)12-9-5-11(13(16(23)24)18(9)15(12)22)25-8-4-10(14(17)21)19(2,3)6-8/h7-10,12,20H,4-6H2,1-3H3,(H2-,17,21,23,24)/p+1/t7?,8?,9-,10?,12?/m1/s1. The summed E-state index contributed by atoms with van der Waals surface area (Å²) < 4.78 is 0.477. The van der Waals surface area contributed by atoms with Gasteiger partial charge in [0, 0.05) is 17.7 Å². The van der Waals surface area contributed by atoms with Gasteiger partial charge in [0.25, 0.3) is 5.91 Å². The summed E-state index contributed by atoms with van der Waals surface area (Å²) in [5.74, 6) is -2.34. The summed E-state index contributed by atoms with van der Waals surface area (Å²) in [5.41, 5.74) is 5.52. The van der Waals surface area contributed by atoms with E-state index < -0.39 is 18.0 Å². The quantitative estimate of drug-likeness (QED) is 0.436. The van der Waals surface area contributed by atoms with Crippen LogP contribution in [-0.4, -0.2) is 81.5 Å². The van der Waals surface area contributed by atoms with E-state index in [1.54, 1.807) is 6.92 Å². The number of aliphatic carboxylic acids is 1. The van der Waals surface area contributed by atoms with Gasteiger partial charge in [-0.2, -0.15) is 0 Å². The van der Waals surface area contributed by atoms with E-state index in [1.807, 2.05) is 14.1 Å². The molecule has 3 aliphatic rings. The molecule has 138 valence electrons. The van der Waals surface area contributed by atoms with Gasteiger partial charge < -0.3 is 25.3 Å². The molecule has 2 saturated heterocycles. The molecule has 0 aromatic rings. The van der Waals surface area contributed by atoms with Crippen LogP contribution in [0.1, 0.15) is 19.8 Å². The van der Waals surface area contributed by atoms with Crippen LogP contribution in [0.4, 0.5) is 0 Å². The van der Waals surface area contributed by atoms with Crippen LogP contribution in [0.5, 0.6) is 0 Å². The third-order valence-electron chi connectivity index (χ3n) is 5.53. The first-order valence-corrected chi connectivity index (χ1v) is 9.18. The van der Waals surface area contributed by atoms with E-state index in [-0.39, 0.29) is 34.8 Å². The molecule has 0 saturated carbocycles. The summed E-state index contributed by atoms with van der Waals surface area (Å²) in [6.45, 7) is 2.26. The minimum Gasteiger partial charge on any atom is -0.477 e. The molecule has 25 heavy (non-hydrogen) atoms. The smallest absolute Gasteiger partial charge is 0.353 e. The number of aliphatic hydroxyl groups excluding tert-OH is 1. The molecule has 3 rings (SSSR count). The molecule has 9 heteroatoms. The Kier molecular flexibility index (Phi) is 4.37. The fourth-order valence-electron chi connectivity index (χ4n) is 4.34. The van der Waals surface area contributed by atoms with Crippen LogP contribution in [0.2, 0.25) is 0 Å². The highest BCUT2D eigenvalue weighted by Crippen LogP contribution is 2.49. The molecule has 2 fully saturated rings. The number of β-lactam (4-membered cyclic amide) rings is 1. The summed E-state index contributed by atoms with van der Waals surface area (Å²) in [7, 11) is 3.88. The Hall–Kier alpha value is -1.58. The molecule has 0 aliphatic carbocycles. The number of carboxylic acid groups (broad SMARTS) is 1. The Balaban J connectivity index is 1.80. The number of aliphatic hydroxyl groups is 1. The molecule has 3 aliphatic heterocycles. The van der Waals surface area contributed by atoms with Gasteiger partial charge in [0.1, 0.15) is 5.70 Å². The van der Waals surface area contributed by atoms with Crippen molar-refractivity contribution in [1.82, 2.24) is 4.90 Å². The van der Waals surface area contributed by atoms with Gasteiger partial charge in [-0.15, -0.1) is 11.8 Å². The number of primary amides is 1. The molecule has 0 spiro atoms. The predicted molar refractivity (Wildman–Crippen MR) is 91.0 cm³/mol. The first-order chi connectivity index (χ1) is 11.5. The minimum atomic E-state index is -1.12. The maximum atomic E-state index is 12.2. The number of thioether (sulfide) groups is 1. The lowest BCUT2D eigenvalue weighted by atomic mass is 9.83. The molecule has 2 amide bonds. The van der Waals surface area contributed by atoms with E-state index in [4.69, 9.17) is 5.73 Å². The first kappa shape index (κ1) is 18.2. The van der Waals surface area contributed by atoms with Gasteiger partial charge in [-0.1, -0.05) is 0 Å². The van der Waals surface area contributed by atoms with Crippen molar-refractivity contribution in [2.24, 2.45) is 11.7 Å². The topological polar surface area (TPSA) is 121 Å². The lowest BCUT2D eigenvalue weighted by Gasteiger charge is -2.44. The van der Waals surface area contributed by atoms with E-state index in [2.05, 4.69) is 0 Å². The van der Waals surface area contributed by atoms with E-state index in [9.17, 15) is 24.6 Å². The summed E-state index contributed by atoms with van der Waals surface area (Å²) in [4.78, 5) is 37.5. The molecule has 5 atom stereocenters. The number of rotatable bonds is 5. The maximum absolute atomic E-state index is 12.2. The normalized spacial score (nSPS) is 34.7. The number of likely N-dealkylation sites (N-methyl/N-ethyl adjacent to an activating group) is 1. The van der Waals surface area contributed by atoms with E-state index >= 15 is 0 Å². The molecule has 4 unspecified atom stereocenters. The van der Waals surface area contributed by atoms with E-state index in [1.165, 1.54) is 16.7 Å². The Morgan fingerprint density at radius 2 is 2.04 bits per heavy atom. The number of nitrogens with two attached hydrogens (primary N) is 1. The minimum absolute atomic E-state index is 0.0322. The molecule has 8 nitrogen and oxygen atoms in total. The van der Waals surface area contributed by atoms with E-state index in [0.717, 1.165) is 0 Å². The zero-order valence-electron chi connectivity index (χ0n) is 14.5. The Morgan fingerprint density at radius 1 is 1.40 bits per heavy atom. The van der Waals surface area contributed by atoms with Gasteiger partial charge in [0.15, 0.2) is 6.04 Å². The van der Waals surface area contributed by atoms with Crippen molar-refractivity contribution < 1.29 is 29.1 Å². The van der Waals surface area contributed by atoms with Crippen molar-refractivity contribution in [3.8, 4) is 0 Å². The molecular formula is C16H24N3O5S+. The number of hydrogen-bond donors (Lipinski definition) is 3. The van der Waals surface area contributed by atoms with Crippen molar-refractivity contribution >= 4 is 29.5 Å². The zero-order valence-corrected chi connectivity index (χ0v) is 15.3. The number of nitrogens with zero attached hydrogens (tertiary/aromatic N) is 2. The van der Waals surface area contributed by atoms with Crippen LogP contribution < -0.4 is 5.73 Å². The number of likely N-dealkylation sites (tertiary alicyclic amines) is 1. The number of fused-ring (bicyclic) bond motifs is 1. The predicted octanol–water partition coefficient (Wildman–Crippen LogP) is -0.670. The summed E-state index contributed by atoms with van der Waals surface area (Å²) in [6, 6.07) is -0.575. The lowest BCUT2D eigenvalue weighted by Crippen LogP contribution is -2.61. The van der Waals surface area contributed by atoms with Gasteiger partial charge >= 0.3 is 5.97 Å². The van der Waals surface area contributed by atoms with Crippen molar-refractivity contribution in [3.05, 3.63) is 10.6 Å². The second-order valence-electron chi connectivity index (χ2n) is 7.68. The van der Waals surface area contributed by atoms with Gasteiger partial charge in [-0.3, -0.25) is 9.59 Å². The second kappa shape index (κ2) is 6.00. The zero-order chi connectivity index (χ0) is 18.7. The fraction of sp³-hybridized carbons (Fsp3) is 0.688. The highest BCUT2D eigenvalue weighted by atomic mass is 32.2. The van der Waals surface area contributed by atoms with Crippen molar-refractivity contribution in [2.45, 2.75) is 43.2 Å². The van der Waals surface area contributed by atoms with Crippen LogP contribution in [0.15, 0.2) is 10.6 Å². The number of amides is 2. The van der Waals surface area contributed by atoms with Gasteiger partial charge in [0.05, 0.1) is 44.0 Å². The molecule has 3 heterocycles. The van der Waals surface area contributed by atoms with Crippen LogP contribution in [0.25, 0.3) is 0 Å². The lowest BCUT2D eigenvalue weighted by molar-refractivity contribution is -0.892. The van der Waals surface area contributed by atoms with Crippen LogP contribution in [0.3, 0.4) is 0 Å². The average Bonchev–Trinajstić information content (AvgIpc) is 2.93. The molecule has 0 bridgehead atoms. The average molecular weight is 370 g/mol. The first-order valence-electron chi connectivity index (χ1n) is 8.30. The van der Waals surface area contributed by atoms with E-state index in [0.29, 0.717) is 28.8 Å². The number of carbonyl (C=O) groups is 3. The highest BCUT2D eigenvalue weighted by molar-refractivity contribution is 8.03. The van der Waals surface area contributed by atoms with Crippen LogP contribution in [0, 0.1) is 5.92 Å². The Morgan fingerprint density at radius 3 is 2.52 bits per heavy atom. The van der Waals surface area contributed by atoms with Crippen LogP contribution in [-0.2, 0) is 14.4 Å². The fourth-order valence-corrected chi connectivity index (χ4v) is 6.05. The van der Waals surface area contributed by atoms with Gasteiger partial charge in [-0.25, -0.2) is 4.79 Å². The molecule has 0 aromatic heterocycles. The number of carboxylic acids is 1. The number of hydrogen-bond acceptors (Lipinski definition) is 5. The van der Waals surface area contributed by atoms with Crippen molar-refractivity contribution in [3.63, 3.8) is 0 Å². The third kappa shape index (κ3) is 2.84. The van der Waals surface area contributed by atoms with Gasteiger partial charge in [0.2, 0.25) is 5.91 Å². The highest BCUT2D eigenvalue weighted by Gasteiger charge is 2.57. The molecular weight excluding hydrogens is 346 g/mol. The number of quaternary nitrogens is 1. The Labute approximate surface area is 150 Å². The molecule has 4 N–H and O–H groups in total. The molecule has 0 radical (unpaired) electrons. The van der Waals surface area contributed by atoms with Crippen molar-refractivity contribution in [1.29, 1.82) is 0 Å². The second-order valence-corrected chi connectivity index (χ2v) is 9.07. The monoisotopic (exact) mass is 370 g/mol. The van der Waals surface area contributed by atoms with Gasteiger partial charge in [-0.05, 0) is 6.92 Å². The summed E-state index contributed by atoms with van der Waals surface area (Å²) in [6.07, 6.45) is 0.232. The maximum Gasteiger partial charge on any atom is 0.353 e. The van der Waals surface area contributed by atoms with Crippen LogP contribution >= 0.6 is 11.8 Å². The largest absolute Gasteiger partial charge is 0.477 e. The summed E-state index contributed by atoms with van der Waals surface area (Å²) in [5, 5.41) is 19.4. The third-order valence-corrected chi connectivity index (χ3v) is 6.85.